The van der Waals surface area contributed by atoms with Crippen LogP contribution in [-0.2, 0) is 14.3 Å². The van der Waals surface area contributed by atoms with Gasteiger partial charge < -0.3 is 4.74 Å². The van der Waals surface area contributed by atoms with E-state index in [1.165, 1.54) is 7.11 Å². The smallest absolute Gasteiger partial charge is 0.311 e. The van der Waals surface area contributed by atoms with Crippen LogP contribution in [0.4, 0.5) is 0 Å². The SMILES string of the molecule is COC(=O)[C@H]1C2C(=O)CC(C[C@H]1c1ccc(Cl)c(Cl)c1)N2C. The highest BCUT2D eigenvalue weighted by atomic mass is 35.5. The molecule has 0 aliphatic carbocycles. The van der Waals surface area contributed by atoms with Crippen molar-refractivity contribution in [1.82, 2.24) is 4.90 Å². The van der Waals surface area contributed by atoms with Crippen LogP contribution in [-0.4, -0.2) is 42.9 Å². The minimum absolute atomic E-state index is 0.0835. The Morgan fingerprint density at radius 2 is 2.05 bits per heavy atom. The second-order valence-corrected chi connectivity index (χ2v) is 6.81. The Morgan fingerprint density at radius 3 is 2.68 bits per heavy atom. The number of benzene rings is 1. The number of hydrogen-bond donors (Lipinski definition) is 0. The normalized spacial score (nSPS) is 31.4. The minimum atomic E-state index is -0.501. The summed E-state index contributed by atoms with van der Waals surface area (Å²) in [5.74, 6) is -0.814. The van der Waals surface area contributed by atoms with Gasteiger partial charge in [-0.15, -0.1) is 0 Å². The van der Waals surface area contributed by atoms with Gasteiger partial charge in [0.2, 0.25) is 0 Å². The maximum absolute atomic E-state index is 12.3. The van der Waals surface area contributed by atoms with Crippen LogP contribution in [0, 0.1) is 5.92 Å². The van der Waals surface area contributed by atoms with Gasteiger partial charge in [0, 0.05) is 18.4 Å². The molecule has 0 aromatic heterocycles. The van der Waals surface area contributed by atoms with Crippen LogP contribution in [0.2, 0.25) is 10.0 Å². The summed E-state index contributed by atoms with van der Waals surface area (Å²) >= 11 is 12.1. The van der Waals surface area contributed by atoms with Crippen molar-refractivity contribution in [2.24, 2.45) is 5.92 Å². The maximum Gasteiger partial charge on any atom is 0.311 e. The van der Waals surface area contributed by atoms with Gasteiger partial charge in [-0.25, -0.2) is 0 Å². The summed E-state index contributed by atoms with van der Waals surface area (Å²) < 4.78 is 4.97. The Labute approximate surface area is 139 Å². The summed E-state index contributed by atoms with van der Waals surface area (Å²) in [4.78, 5) is 26.6. The number of Topliss-reactive ketones (excluding diaryl/α,β-unsaturated/α-hetero) is 1. The van der Waals surface area contributed by atoms with Gasteiger partial charge in [0.15, 0.2) is 5.78 Å². The molecule has 0 N–H and O–H groups in total. The average Bonchev–Trinajstić information content (AvgIpc) is 2.68. The highest BCUT2D eigenvalue weighted by Gasteiger charge is 2.53. The molecule has 2 fully saturated rings. The third kappa shape index (κ3) is 2.43. The van der Waals surface area contributed by atoms with Crippen LogP contribution < -0.4 is 0 Å². The molecule has 0 amide bonds. The zero-order chi connectivity index (χ0) is 16.0. The van der Waals surface area contributed by atoms with Crippen molar-refractivity contribution in [3.63, 3.8) is 0 Å². The molecule has 2 unspecified atom stereocenters. The highest BCUT2D eigenvalue weighted by Crippen LogP contribution is 2.46. The van der Waals surface area contributed by atoms with E-state index in [1.54, 1.807) is 12.1 Å². The molecule has 2 aliphatic rings. The summed E-state index contributed by atoms with van der Waals surface area (Å²) in [5.41, 5.74) is 0.933. The fraction of sp³-hybridized carbons (Fsp3) is 0.500. The fourth-order valence-corrected chi connectivity index (χ4v) is 4.14. The number of nitrogens with zero attached hydrogens (tertiary/aromatic N) is 1. The third-order valence-corrected chi connectivity index (χ3v) is 5.67. The number of piperidine rings is 1. The lowest BCUT2D eigenvalue weighted by Gasteiger charge is -2.40. The van der Waals surface area contributed by atoms with Crippen LogP contribution >= 0.6 is 23.2 Å². The van der Waals surface area contributed by atoms with E-state index in [4.69, 9.17) is 27.9 Å². The van der Waals surface area contributed by atoms with E-state index < -0.39 is 12.0 Å². The standard InChI is InChI=1S/C16H17Cl2NO3/c1-19-9-6-10(8-3-4-11(17)12(18)5-8)14(16(21)22-2)15(19)13(20)7-9/h3-5,9-10,14-15H,6-7H2,1-2H3/t9?,10-,14+,15?/m0/s1. The number of hydrogen-bond acceptors (Lipinski definition) is 4. The number of carbonyl (C=O) groups is 2. The summed E-state index contributed by atoms with van der Waals surface area (Å²) in [7, 11) is 3.26. The first-order chi connectivity index (χ1) is 10.4. The molecule has 0 saturated carbocycles. The van der Waals surface area contributed by atoms with E-state index in [1.807, 2.05) is 18.0 Å². The molecule has 6 heteroatoms. The molecule has 118 valence electrons. The zero-order valence-corrected chi connectivity index (χ0v) is 13.9. The third-order valence-electron chi connectivity index (χ3n) is 4.93. The maximum atomic E-state index is 12.3. The number of ether oxygens (including phenoxy) is 1. The molecule has 2 bridgehead atoms. The Morgan fingerprint density at radius 1 is 1.32 bits per heavy atom. The number of methoxy groups -OCH3 is 1. The first-order valence-corrected chi connectivity index (χ1v) is 7.97. The van der Waals surface area contributed by atoms with E-state index in [2.05, 4.69) is 0 Å². The Kier molecular flexibility index (Phi) is 4.19. The Balaban J connectivity index is 2.03. The van der Waals surface area contributed by atoms with Crippen molar-refractivity contribution < 1.29 is 14.3 Å². The molecule has 1 aromatic carbocycles. The van der Waals surface area contributed by atoms with Crippen molar-refractivity contribution in [3.05, 3.63) is 33.8 Å². The summed E-state index contributed by atoms with van der Waals surface area (Å²) in [6, 6.07) is 5.16. The molecule has 0 radical (unpaired) electrons. The Hall–Kier alpha value is -1.10. The van der Waals surface area contributed by atoms with Crippen LogP contribution in [0.5, 0.6) is 0 Å². The number of ketones is 1. The number of esters is 1. The molecule has 1 aromatic rings. The van der Waals surface area contributed by atoms with Gasteiger partial charge in [0.05, 0.1) is 29.1 Å². The van der Waals surface area contributed by atoms with Crippen molar-refractivity contribution in [2.45, 2.75) is 30.8 Å². The number of rotatable bonds is 2. The molecule has 2 saturated heterocycles. The van der Waals surface area contributed by atoms with E-state index in [9.17, 15) is 9.59 Å². The van der Waals surface area contributed by atoms with Crippen molar-refractivity contribution in [1.29, 1.82) is 0 Å². The van der Waals surface area contributed by atoms with Gasteiger partial charge in [0.25, 0.3) is 0 Å². The Bertz CT molecular complexity index is 634. The number of halogens is 2. The first kappa shape index (κ1) is 15.8. The number of carbonyl (C=O) groups excluding carboxylic acids is 2. The highest BCUT2D eigenvalue weighted by molar-refractivity contribution is 6.42. The van der Waals surface area contributed by atoms with E-state index in [0.717, 1.165) is 12.0 Å². The number of fused-ring (bicyclic) bond motifs is 2. The molecule has 2 heterocycles. The molecular weight excluding hydrogens is 325 g/mol. The topological polar surface area (TPSA) is 46.6 Å². The summed E-state index contributed by atoms with van der Waals surface area (Å²) in [5, 5.41) is 0.937. The second kappa shape index (κ2) is 5.84. The molecule has 3 rings (SSSR count). The monoisotopic (exact) mass is 341 g/mol. The second-order valence-electron chi connectivity index (χ2n) is 6.00. The van der Waals surface area contributed by atoms with E-state index in [0.29, 0.717) is 16.5 Å². The zero-order valence-electron chi connectivity index (χ0n) is 12.4. The van der Waals surface area contributed by atoms with Crippen molar-refractivity contribution in [3.8, 4) is 0 Å². The molecule has 22 heavy (non-hydrogen) atoms. The number of likely N-dealkylation sites (N-methyl/N-ethyl adjacent to an activating group) is 1. The lowest BCUT2D eigenvalue weighted by Crippen LogP contribution is -2.50. The molecule has 4 nitrogen and oxygen atoms in total. The van der Waals surface area contributed by atoms with Gasteiger partial charge in [0.1, 0.15) is 0 Å². The summed E-state index contributed by atoms with van der Waals surface area (Å²) in [6.07, 6.45) is 1.23. The lowest BCUT2D eigenvalue weighted by atomic mass is 9.76. The van der Waals surface area contributed by atoms with Gasteiger partial charge >= 0.3 is 5.97 Å². The van der Waals surface area contributed by atoms with Crippen molar-refractivity contribution in [2.75, 3.05) is 14.2 Å². The van der Waals surface area contributed by atoms with Crippen LogP contribution in [0.15, 0.2) is 18.2 Å². The van der Waals surface area contributed by atoms with Gasteiger partial charge in [-0.1, -0.05) is 29.3 Å². The van der Waals surface area contributed by atoms with Gasteiger partial charge in [-0.05, 0) is 31.2 Å². The minimum Gasteiger partial charge on any atom is -0.469 e. The predicted molar refractivity (Wildman–Crippen MR) is 84.3 cm³/mol. The molecule has 0 spiro atoms. The van der Waals surface area contributed by atoms with Gasteiger partial charge in [-0.3, -0.25) is 14.5 Å². The van der Waals surface area contributed by atoms with Crippen LogP contribution in [0.1, 0.15) is 24.3 Å². The van der Waals surface area contributed by atoms with Gasteiger partial charge in [-0.2, -0.15) is 0 Å². The van der Waals surface area contributed by atoms with E-state index >= 15 is 0 Å². The largest absolute Gasteiger partial charge is 0.469 e. The lowest BCUT2D eigenvalue weighted by molar-refractivity contribution is -0.152. The molecule has 4 atom stereocenters. The predicted octanol–water partition coefficient (Wildman–Crippen LogP) is 2.91. The average molecular weight is 342 g/mol. The van der Waals surface area contributed by atoms with E-state index in [-0.39, 0.29) is 23.7 Å². The molecular formula is C16H17Cl2NO3. The fourth-order valence-electron chi connectivity index (χ4n) is 3.83. The quantitative estimate of drug-likeness (QED) is 0.776. The van der Waals surface area contributed by atoms with Crippen molar-refractivity contribution >= 4 is 35.0 Å². The van der Waals surface area contributed by atoms with Crippen LogP contribution in [0.3, 0.4) is 0 Å². The first-order valence-electron chi connectivity index (χ1n) is 7.21. The molecule has 2 aliphatic heterocycles. The van der Waals surface area contributed by atoms with Crippen LogP contribution in [0.25, 0.3) is 0 Å². The summed E-state index contributed by atoms with van der Waals surface area (Å²) in [6.45, 7) is 0.